The quantitative estimate of drug-likeness (QED) is 0.585. The maximum absolute atomic E-state index is 12.2. The average Bonchev–Trinajstić information content (AvgIpc) is 3.28. The van der Waals surface area contributed by atoms with E-state index < -0.39 is 0 Å². The van der Waals surface area contributed by atoms with Crippen molar-refractivity contribution >= 4 is 23.2 Å². The van der Waals surface area contributed by atoms with Gasteiger partial charge in [-0.1, -0.05) is 48.0 Å². The van der Waals surface area contributed by atoms with Gasteiger partial charge in [0.15, 0.2) is 0 Å². The second kappa shape index (κ2) is 10.5. The van der Waals surface area contributed by atoms with Crippen molar-refractivity contribution in [1.82, 2.24) is 19.8 Å². The van der Waals surface area contributed by atoms with Crippen LogP contribution in [0.1, 0.15) is 6.42 Å². The molecule has 31 heavy (non-hydrogen) atoms. The van der Waals surface area contributed by atoms with Gasteiger partial charge in [0.25, 0.3) is 0 Å². The fraction of sp³-hybridized carbons (Fsp3) is 0.333. The Bertz CT molecular complexity index is 982. The molecule has 7 heteroatoms. The van der Waals surface area contributed by atoms with Crippen molar-refractivity contribution in [2.75, 3.05) is 44.2 Å². The summed E-state index contributed by atoms with van der Waals surface area (Å²) in [6.07, 6.45) is 4.23. The number of carbonyl (C=O) groups is 1. The molecule has 0 radical (unpaired) electrons. The molecule has 2 aromatic carbocycles. The Labute approximate surface area is 188 Å². The van der Waals surface area contributed by atoms with Crippen molar-refractivity contribution in [3.05, 3.63) is 72.1 Å². The molecule has 1 N–H and O–H groups in total. The van der Waals surface area contributed by atoms with Gasteiger partial charge >= 0.3 is 0 Å². The van der Waals surface area contributed by atoms with Gasteiger partial charge in [0, 0.05) is 74.7 Å². The number of aromatic nitrogens is 2. The first-order chi connectivity index (χ1) is 15.2. The molecule has 0 unspecified atom stereocenters. The molecule has 0 atom stereocenters. The number of halogens is 1. The molecule has 1 fully saturated rings. The summed E-state index contributed by atoms with van der Waals surface area (Å²) < 4.78 is 1.97. The number of amides is 1. The number of aryl methyl sites for hydroxylation is 1. The molecular weight excluding hydrogens is 410 g/mol. The zero-order valence-corrected chi connectivity index (χ0v) is 18.3. The Hall–Kier alpha value is -2.83. The third-order valence-electron chi connectivity index (χ3n) is 5.60. The molecule has 162 valence electrons. The first-order valence-corrected chi connectivity index (χ1v) is 11.1. The van der Waals surface area contributed by atoms with Crippen LogP contribution in [0.4, 0.5) is 5.69 Å². The van der Waals surface area contributed by atoms with E-state index in [1.165, 1.54) is 5.69 Å². The SMILES string of the molecule is O=C(CCn1cnc(-c2ccccc2)c1)NCCN1CCN(c2cccc(Cl)c2)CC1. The van der Waals surface area contributed by atoms with Gasteiger partial charge in [0.1, 0.15) is 0 Å². The highest BCUT2D eigenvalue weighted by molar-refractivity contribution is 6.30. The van der Waals surface area contributed by atoms with Crippen LogP contribution in [-0.2, 0) is 11.3 Å². The van der Waals surface area contributed by atoms with Crippen LogP contribution in [0.5, 0.6) is 0 Å². The average molecular weight is 438 g/mol. The predicted octanol–water partition coefficient (Wildman–Crippen LogP) is 3.53. The van der Waals surface area contributed by atoms with Crippen molar-refractivity contribution in [2.24, 2.45) is 0 Å². The number of anilines is 1. The second-order valence-electron chi connectivity index (χ2n) is 7.77. The molecule has 0 bridgehead atoms. The minimum Gasteiger partial charge on any atom is -0.369 e. The van der Waals surface area contributed by atoms with Gasteiger partial charge in [0.05, 0.1) is 12.0 Å². The Morgan fingerprint density at radius 1 is 1.00 bits per heavy atom. The molecule has 1 aromatic heterocycles. The summed E-state index contributed by atoms with van der Waals surface area (Å²) in [6, 6.07) is 18.1. The molecule has 0 saturated carbocycles. The van der Waals surface area contributed by atoms with Crippen molar-refractivity contribution in [3.8, 4) is 11.3 Å². The van der Waals surface area contributed by atoms with Crippen molar-refractivity contribution in [3.63, 3.8) is 0 Å². The summed E-state index contributed by atoms with van der Waals surface area (Å²) in [7, 11) is 0. The van der Waals surface area contributed by atoms with E-state index in [-0.39, 0.29) is 5.91 Å². The Kier molecular flexibility index (Phi) is 7.22. The second-order valence-corrected chi connectivity index (χ2v) is 8.21. The van der Waals surface area contributed by atoms with Crippen LogP contribution in [0.2, 0.25) is 5.02 Å². The Morgan fingerprint density at radius 2 is 1.81 bits per heavy atom. The summed E-state index contributed by atoms with van der Waals surface area (Å²) >= 11 is 6.10. The van der Waals surface area contributed by atoms with E-state index in [0.717, 1.165) is 49.0 Å². The summed E-state index contributed by atoms with van der Waals surface area (Å²) in [5.41, 5.74) is 3.19. The highest BCUT2D eigenvalue weighted by Crippen LogP contribution is 2.20. The topological polar surface area (TPSA) is 53.4 Å². The van der Waals surface area contributed by atoms with Crippen LogP contribution in [0.15, 0.2) is 67.1 Å². The molecule has 0 spiro atoms. The molecule has 4 rings (SSSR count). The van der Waals surface area contributed by atoms with Crippen LogP contribution in [-0.4, -0.2) is 59.6 Å². The smallest absolute Gasteiger partial charge is 0.221 e. The normalized spacial score (nSPS) is 14.5. The van der Waals surface area contributed by atoms with Crippen molar-refractivity contribution in [2.45, 2.75) is 13.0 Å². The van der Waals surface area contributed by atoms with E-state index in [2.05, 4.69) is 26.2 Å². The van der Waals surface area contributed by atoms with E-state index in [0.29, 0.717) is 19.5 Å². The first-order valence-electron chi connectivity index (χ1n) is 10.7. The zero-order chi connectivity index (χ0) is 21.5. The van der Waals surface area contributed by atoms with Crippen LogP contribution < -0.4 is 10.2 Å². The molecule has 1 saturated heterocycles. The molecule has 6 nitrogen and oxygen atoms in total. The number of hydrogen-bond acceptors (Lipinski definition) is 4. The fourth-order valence-electron chi connectivity index (χ4n) is 3.82. The number of carbonyl (C=O) groups excluding carboxylic acids is 1. The highest BCUT2D eigenvalue weighted by Gasteiger charge is 2.17. The standard InChI is InChI=1S/C24H28ClN5O/c25-21-7-4-8-22(17-21)30-15-13-28(14-16-30)12-10-26-24(31)9-11-29-18-23(27-19-29)20-5-2-1-3-6-20/h1-8,17-19H,9-16H2,(H,26,31). The third-order valence-corrected chi connectivity index (χ3v) is 5.83. The predicted molar refractivity (Wildman–Crippen MR) is 125 cm³/mol. The minimum atomic E-state index is 0.0764. The molecule has 0 aliphatic carbocycles. The molecule has 2 heterocycles. The van der Waals surface area contributed by atoms with Gasteiger partial charge in [-0.05, 0) is 18.2 Å². The maximum Gasteiger partial charge on any atom is 0.221 e. The maximum atomic E-state index is 12.2. The van der Waals surface area contributed by atoms with Crippen molar-refractivity contribution < 1.29 is 4.79 Å². The number of piperazine rings is 1. The van der Waals surface area contributed by atoms with E-state index >= 15 is 0 Å². The fourth-order valence-corrected chi connectivity index (χ4v) is 4.00. The zero-order valence-electron chi connectivity index (χ0n) is 17.6. The third kappa shape index (κ3) is 6.09. The van der Waals surface area contributed by atoms with Crippen LogP contribution in [0.25, 0.3) is 11.3 Å². The summed E-state index contributed by atoms with van der Waals surface area (Å²) in [5, 5.41) is 3.82. The number of imidazole rings is 1. The van der Waals surface area contributed by atoms with E-state index in [4.69, 9.17) is 11.6 Å². The van der Waals surface area contributed by atoms with Crippen molar-refractivity contribution in [1.29, 1.82) is 0 Å². The number of hydrogen-bond donors (Lipinski definition) is 1. The Morgan fingerprint density at radius 3 is 2.58 bits per heavy atom. The lowest BCUT2D eigenvalue weighted by atomic mass is 10.2. The minimum absolute atomic E-state index is 0.0764. The molecule has 1 amide bonds. The molecule has 1 aliphatic rings. The van der Waals surface area contributed by atoms with Crippen LogP contribution >= 0.6 is 11.6 Å². The van der Waals surface area contributed by atoms with Gasteiger partial charge in [-0.3, -0.25) is 9.69 Å². The van der Waals surface area contributed by atoms with Gasteiger partial charge in [-0.15, -0.1) is 0 Å². The first kappa shape index (κ1) is 21.4. The van der Waals surface area contributed by atoms with Crippen LogP contribution in [0.3, 0.4) is 0 Å². The molecule has 3 aromatic rings. The van der Waals surface area contributed by atoms with Crippen LogP contribution in [0, 0.1) is 0 Å². The van der Waals surface area contributed by atoms with E-state index in [1.807, 2.05) is 59.3 Å². The van der Waals surface area contributed by atoms with Gasteiger partial charge in [-0.25, -0.2) is 4.98 Å². The van der Waals surface area contributed by atoms with E-state index in [9.17, 15) is 4.79 Å². The van der Waals surface area contributed by atoms with Gasteiger partial charge < -0.3 is 14.8 Å². The summed E-state index contributed by atoms with van der Waals surface area (Å²) in [4.78, 5) is 21.4. The molecular formula is C24H28ClN5O. The summed E-state index contributed by atoms with van der Waals surface area (Å²) in [5.74, 6) is 0.0764. The number of nitrogens with zero attached hydrogens (tertiary/aromatic N) is 4. The lowest BCUT2D eigenvalue weighted by molar-refractivity contribution is -0.121. The monoisotopic (exact) mass is 437 g/mol. The lowest BCUT2D eigenvalue weighted by Gasteiger charge is -2.36. The van der Waals surface area contributed by atoms with Gasteiger partial charge in [-0.2, -0.15) is 0 Å². The number of nitrogens with one attached hydrogen (secondary N) is 1. The highest BCUT2D eigenvalue weighted by atomic mass is 35.5. The largest absolute Gasteiger partial charge is 0.369 e. The summed E-state index contributed by atoms with van der Waals surface area (Å²) in [6.45, 7) is 6.09. The Balaban J connectivity index is 1.13. The molecule has 1 aliphatic heterocycles. The van der Waals surface area contributed by atoms with Gasteiger partial charge in [0.2, 0.25) is 5.91 Å². The number of benzene rings is 2. The van der Waals surface area contributed by atoms with E-state index in [1.54, 1.807) is 6.33 Å². The lowest BCUT2D eigenvalue weighted by Crippen LogP contribution is -2.48. The number of rotatable bonds is 8.